The van der Waals surface area contributed by atoms with Crippen LogP contribution >= 0.6 is 23.1 Å². The van der Waals surface area contributed by atoms with Crippen molar-refractivity contribution >= 4 is 23.1 Å². The van der Waals surface area contributed by atoms with Gasteiger partial charge in [-0.15, -0.1) is 23.1 Å². The maximum atomic E-state index is 6.36. The molecule has 0 saturated carbocycles. The van der Waals surface area contributed by atoms with Gasteiger partial charge in [-0.1, -0.05) is 36.8 Å². The van der Waals surface area contributed by atoms with Gasteiger partial charge in [-0.05, 0) is 42.8 Å². The summed E-state index contributed by atoms with van der Waals surface area (Å²) < 4.78 is 0. The molecule has 1 heterocycles. The van der Waals surface area contributed by atoms with Crippen LogP contribution in [-0.4, -0.2) is 6.04 Å². The van der Waals surface area contributed by atoms with Crippen LogP contribution in [0.3, 0.4) is 0 Å². The number of thiophene rings is 1. The predicted molar refractivity (Wildman–Crippen MR) is 92.5 cm³/mol. The monoisotopic (exact) mass is 305 g/mol. The third-order valence-corrected chi connectivity index (χ3v) is 6.23. The number of thioether (sulfide) groups is 1. The van der Waals surface area contributed by atoms with E-state index in [0.29, 0.717) is 5.25 Å². The second-order valence-corrected chi connectivity index (χ2v) is 7.34. The zero-order valence-corrected chi connectivity index (χ0v) is 14.1. The Balaban J connectivity index is 2.11. The molecule has 0 aliphatic carbocycles. The Morgan fingerprint density at radius 3 is 2.65 bits per heavy atom. The van der Waals surface area contributed by atoms with Gasteiger partial charge in [0.25, 0.3) is 0 Å². The van der Waals surface area contributed by atoms with E-state index in [1.165, 1.54) is 21.6 Å². The number of hydrogen-bond acceptors (Lipinski definition) is 3. The zero-order chi connectivity index (χ0) is 14.5. The van der Waals surface area contributed by atoms with E-state index in [1.807, 2.05) is 23.1 Å². The number of nitrogens with two attached hydrogens (primary N) is 1. The minimum atomic E-state index is 0.224. The Bertz CT molecular complexity index is 547. The van der Waals surface area contributed by atoms with E-state index < -0.39 is 0 Å². The van der Waals surface area contributed by atoms with Crippen LogP contribution in [0.25, 0.3) is 0 Å². The topological polar surface area (TPSA) is 26.0 Å². The van der Waals surface area contributed by atoms with Gasteiger partial charge in [-0.3, -0.25) is 0 Å². The van der Waals surface area contributed by atoms with Crippen LogP contribution < -0.4 is 5.73 Å². The van der Waals surface area contributed by atoms with Crippen molar-refractivity contribution in [2.75, 3.05) is 0 Å². The van der Waals surface area contributed by atoms with Crippen LogP contribution in [0.15, 0.2) is 35.7 Å². The highest BCUT2D eigenvalue weighted by Crippen LogP contribution is 2.39. The molecule has 0 aliphatic rings. The highest BCUT2D eigenvalue weighted by molar-refractivity contribution is 7.98. The number of hydrogen-bond donors (Lipinski definition) is 1. The lowest BCUT2D eigenvalue weighted by molar-refractivity contribution is 0.638. The summed E-state index contributed by atoms with van der Waals surface area (Å²) in [4.78, 5) is 1.44. The second kappa shape index (κ2) is 7.30. The molecule has 1 aromatic heterocycles. The maximum absolute atomic E-state index is 6.36. The first kappa shape index (κ1) is 15.6. The Labute approximate surface area is 130 Å². The summed E-state index contributed by atoms with van der Waals surface area (Å²) in [6, 6.07) is 11.2. The van der Waals surface area contributed by atoms with Crippen molar-refractivity contribution < 1.29 is 0 Å². The van der Waals surface area contributed by atoms with Crippen LogP contribution in [0.4, 0.5) is 0 Å². The smallest absolute Gasteiger partial charge is 0.0548 e. The molecule has 0 fully saturated rings. The van der Waals surface area contributed by atoms with Crippen molar-refractivity contribution in [1.29, 1.82) is 0 Å². The second-order valence-electron chi connectivity index (χ2n) is 5.26. The quantitative estimate of drug-likeness (QED) is 0.805. The Morgan fingerprint density at radius 2 is 2.05 bits per heavy atom. The van der Waals surface area contributed by atoms with Crippen LogP contribution in [-0.2, 0) is 5.75 Å². The summed E-state index contributed by atoms with van der Waals surface area (Å²) in [7, 11) is 0. The van der Waals surface area contributed by atoms with E-state index in [0.717, 1.165) is 12.2 Å². The Morgan fingerprint density at radius 1 is 1.25 bits per heavy atom. The number of rotatable bonds is 6. The highest BCUT2D eigenvalue weighted by Gasteiger charge is 2.21. The summed E-state index contributed by atoms with van der Waals surface area (Å²) in [5.41, 5.74) is 10.4. The molecule has 0 aliphatic heterocycles. The molecule has 2 N–H and O–H groups in total. The van der Waals surface area contributed by atoms with Crippen LogP contribution in [0.1, 0.15) is 40.2 Å². The molecule has 0 radical (unpaired) electrons. The number of benzene rings is 1. The molecule has 108 valence electrons. The molecule has 1 aromatic carbocycles. The average Bonchev–Trinajstić information content (AvgIpc) is 2.85. The van der Waals surface area contributed by atoms with Crippen molar-refractivity contribution in [2.45, 2.75) is 44.2 Å². The van der Waals surface area contributed by atoms with Gasteiger partial charge in [0.2, 0.25) is 0 Å². The fourth-order valence-electron chi connectivity index (χ4n) is 2.27. The van der Waals surface area contributed by atoms with E-state index in [1.54, 1.807) is 0 Å². The molecule has 2 unspecified atom stereocenters. The lowest BCUT2D eigenvalue weighted by atomic mass is 10.1. The van der Waals surface area contributed by atoms with Gasteiger partial charge in [-0.2, -0.15) is 0 Å². The predicted octanol–water partition coefficient (Wildman–Crippen LogP) is 5.08. The standard InChI is InChI=1S/C17H23NS2/c1-4-15(18)17(16-13(3)8-9-19-16)20-11-14-7-5-6-12(2)10-14/h5-10,15,17H,4,11,18H2,1-3H3. The normalized spacial score (nSPS) is 14.2. The first-order valence-corrected chi connectivity index (χ1v) is 9.01. The Kier molecular flexibility index (Phi) is 5.70. The van der Waals surface area contributed by atoms with Gasteiger partial charge in [-0.25, -0.2) is 0 Å². The first-order chi connectivity index (χ1) is 9.61. The fraction of sp³-hybridized carbons (Fsp3) is 0.412. The molecule has 0 amide bonds. The summed E-state index contributed by atoms with van der Waals surface area (Å²) in [5, 5.41) is 2.58. The van der Waals surface area contributed by atoms with Crippen molar-refractivity contribution in [3.63, 3.8) is 0 Å². The minimum Gasteiger partial charge on any atom is -0.326 e. The Hall–Kier alpha value is -0.770. The first-order valence-electron chi connectivity index (χ1n) is 7.08. The lowest BCUT2D eigenvalue weighted by Gasteiger charge is -2.22. The zero-order valence-electron chi connectivity index (χ0n) is 12.4. The van der Waals surface area contributed by atoms with E-state index in [4.69, 9.17) is 5.73 Å². The van der Waals surface area contributed by atoms with Gasteiger partial charge < -0.3 is 5.73 Å². The van der Waals surface area contributed by atoms with Crippen molar-refractivity contribution in [3.05, 3.63) is 57.3 Å². The molecule has 0 bridgehead atoms. The molecular formula is C17H23NS2. The molecular weight excluding hydrogens is 282 g/mol. The summed E-state index contributed by atoms with van der Waals surface area (Å²) in [5.74, 6) is 1.03. The molecule has 20 heavy (non-hydrogen) atoms. The van der Waals surface area contributed by atoms with Gasteiger partial charge >= 0.3 is 0 Å². The van der Waals surface area contributed by atoms with Gasteiger partial charge in [0.05, 0.1) is 5.25 Å². The van der Waals surface area contributed by atoms with E-state index in [9.17, 15) is 0 Å². The third-order valence-electron chi connectivity index (χ3n) is 3.53. The molecule has 2 atom stereocenters. The SMILES string of the molecule is CCC(N)C(SCc1cccc(C)c1)c1sccc1C. The maximum Gasteiger partial charge on any atom is 0.0548 e. The van der Waals surface area contributed by atoms with Crippen LogP contribution in [0.2, 0.25) is 0 Å². The number of aryl methyl sites for hydroxylation is 2. The molecule has 2 rings (SSSR count). The lowest BCUT2D eigenvalue weighted by Crippen LogP contribution is -2.25. The van der Waals surface area contributed by atoms with Gasteiger partial charge in [0.15, 0.2) is 0 Å². The molecule has 0 spiro atoms. The third kappa shape index (κ3) is 3.87. The largest absolute Gasteiger partial charge is 0.326 e. The molecule has 2 aromatic rings. The molecule has 1 nitrogen and oxygen atoms in total. The van der Waals surface area contributed by atoms with E-state index >= 15 is 0 Å². The highest BCUT2D eigenvalue weighted by atomic mass is 32.2. The van der Waals surface area contributed by atoms with Crippen molar-refractivity contribution in [2.24, 2.45) is 5.73 Å². The average molecular weight is 306 g/mol. The van der Waals surface area contributed by atoms with Gasteiger partial charge in [0, 0.05) is 16.7 Å². The van der Waals surface area contributed by atoms with E-state index in [2.05, 4.69) is 56.5 Å². The molecule has 0 saturated heterocycles. The molecule has 3 heteroatoms. The van der Waals surface area contributed by atoms with Gasteiger partial charge in [0.1, 0.15) is 0 Å². The summed E-state index contributed by atoms with van der Waals surface area (Å²) in [6.45, 7) is 6.51. The summed E-state index contributed by atoms with van der Waals surface area (Å²) in [6.07, 6.45) is 1.02. The van der Waals surface area contributed by atoms with E-state index in [-0.39, 0.29) is 6.04 Å². The van der Waals surface area contributed by atoms with Crippen LogP contribution in [0.5, 0.6) is 0 Å². The van der Waals surface area contributed by atoms with Crippen molar-refractivity contribution in [1.82, 2.24) is 0 Å². The minimum absolute atomic E-state index is 0.224. The fourth-order valence-corrected chi connectivity index (χ4v) is 4.95. The van der Waals surface area contributed by atoms with Crippen LogP contribution in [0, 0.1) is 13.8 Å². The van der Waals surface area contributed by atoms with Crippen molar-refractivity contribution in [3.8, 4) is 0 Å². The summed E-state index contributed by atoms with van der Waals surface area (Å²) >= 11 is 3.81.